The van der Waals surface area contributed by atoms with Crippen molar-refractivity contribution in [3.8, 4) is 0 Å². The molecule has 0 aromatic carbocycles. The van der Waals surface area contributed by atoms with E-state index < -0.39 is 6.04 Å². The van der Waals surface area contributed by atoms with Gasteiger partial charge in [0.05, 0.1) is 13.2 Å². The van der Waals surface area contributed by atoms with Gasteiger partial charge >= 0.3 is 0 Å². The maximum atomic E-state index is 10.9. The SMILES string of the molecule is NOCC1NC(=O)CNC1=O. The molecule has 62 valence electrons. The summed E-state index contributed by atoms with van der Waals surface area (Å²) in [5, 5.41) is 4.79. The van der Waals surface area contributed by atoms with Crippen molar-refractivity contribution in [1.29, 1.82) is 0 Å². The van der Waals surface area contributed by atoms with E-state index in [-0.39, 0.29) is 25.0 Å². The molecule has 1 unspecified atom stereocenters. The Morgan fingerprint density at radius 3 is 3.00 bits per heavy atom. The zero-order valence-electron chi connectivity index (χ0n) is 5.79. The van der Waals surface area contributed by atoms with Crippen LogP contribution in [0.2, 0.25) is 0 Å². The molecule has 0 saturated carbocycles. The molecule has 1 aliphatic heterocycles. The van der Waals surface area contributed by atoms with Gasteiger partial charge in [-0.3, -0.25) is 9.59 Å². The highest BCUT2D eigenvalue weighted by Crippen LogP contribution is 1.89. The molecule has 2 amide bonds. The average molecular weight is 159 g/mol. The van der Waals surface area contributed by atoms with Crippen molar-refractivity contribution in [1.82, 2.24) is 10.6 Å². The molecule has 1 aliphatic rings. The summed E-state index contributed by atoms with van der Waals surface area (Å²) in [4.78, 5) is 25.8. The predicted octanol–water partition coefficient (Wildman–Crippen LogP) is -2.51. The number of nitrogens with one attached hydrogen (secondary N) is 2. The number of piperazine rings is 1. The summed E-state index contributed by atoms with van der Waals surface area (Å²) < 4.78 is 0. The number of carbonyl (C=O) groups excluding carboxylic acids is 2. The summed E-state index contributed by atoms with van der Waals surface area (Å²) in [5.74, 6) is 4.24. The van der Waals surface area contributed by atoms with Crippen LogP contribution in [0, 0.1) is 0 Å². The molecule has 4 N–H and O–H groups in total. The van der Waals surface area contributed by atoms with Gasteiger partial charge in [0.15, 0.2) is 0 Å². The van der Waals surface area contributed by atoms with E-state index in [0.29, 0.717) is 0 Å². The average Bonchev–Trinajstić information content (AvgIpc) is 1.98. The zero-order valence-corrected chi connectivity index (χ0v) is 5.79. The van der Waals surface area contributed by atoms with Gasteiger partial charge in [-0.1, -0.05) is 0 Å². The highest BCUT2D eigenvalue weighted by Gasteiger charge is 2.25. The normalized spacial score (nSPS) is 24.3. The van der Waals surface area contributed by atoms with Crippen molar-refractivity contribution < 1.29 is 14.4 Å². The summed E-state index contributed by atoms with van der Waals surface area (Å²) in [7, 11) is 0. The van der Waals surface area contributed by atoms with Crippen molar-refractivity contribution in [2.45, 2.75) is 6.04 Å². The minimum atomic E-state index is -0.652. The molecular weight excluding hydrogens is 150 g/mol. The van der Waals surface area contributed by atoms with Gasteiger partial charge in [0.25, 0.3) is 0 Å². The number of hydrogen-bond donors (Lipinski definition) is 3. The first kappa shape index (κ1) is 7.96. The van der Waals surface area contributed by atoms with Crippen LogP contribution in [0.15, 0.2) is 0 Å². The Bertz CT molecular complexity index is 182. The maximum Gasteiger partial charge on any atom is 0.245 e. The van der Waals surface area contributed by atoms with Crippen molar-refractivity contribution in [3.63, 3.8) is 0 Å². The minimum Gasteiger partial charge on any atom is -0.345 e. The molecule has 1 atom stereocenters. The van der Waals surface area contributed by atoms with Crippen molar-refractivity contribution in [3.05, 3.63) is 0 Å². The second-order valence-electron chi connectivity index (χ2n) is 2.17. The first-order valence-electron chi connectivity index (χ1n) is 3.13. The van der Waals surface area contributed by atoms with Crippen LogP contribution in [0.25, 0.3) is 0 Å². The topological polar surface area (TPSA) is 93.4 Å². The second kappa shape index (κ2) is 3.31. The van der Waals surface area contributed by atoms with Gasteiger partial charge in [0.1, 0.15) is 6.04 Å². The standard InChI is InChI=1S/C5H9N3O3/c6-11-2-3-5(10)7-1-4(9)8-3/h3H,1-2,6H2,(H,7,10)(H,8,9). The van der Waals surface area contributed by atoms with Gasteiger partial charge in [-0.05, 0) is 0 Å². The van der Waals surface area contributed by atoms with E-state index in [0.717, 1.165) is 0 Å². The minimum absolute atomic E-state index is 0.00241. The molecule has 1 fully saturated rings. The molecule has 1 heterocycles. The Morgan fingerprint density at radius 1 is 1.64 bits per heavy atom. The number of carbonyl (C=O) groups is 2. The van der Waals surface area contributed by atoms with Gasteiger partial charge in [0, 0.05) is 0 Å². The van der Waals surface area contributed by atoms with E-state index in [9.17, 15) is 9.59 Å². The van der Waals surface area contributed by atoms with Crippen LogP contribution in [-0.2, 0) is 14.4 Å². The van der Waals surface area contributed by atoms with Crippen LogP contribution in [0.1, 0.15) is 0 Å². The van der Waals surface area contributed by atoms with Crippen molar-refractivity contribution in [2.24, 2.45) is 5.90 Å². The second-order valence-corrected chi connectivity index (χ2v) is 2.17. The molecule has 1 rings (SSSR count). The third-order valence-electron chi connectivity index (χ3n) is 1.34. The predicted molar refractivity (Wildman–Crippen MR) is 35.1 cm³/mol. The van der Waals surface area contributed by atoms with E-state index in [1.807, 2.05) is 0 Å². The van der Waals surface area contributed by atoms with E-state index in [1.165, 1.54) is 0 Å². The van der Waals surface area contributed by atoms with Crippen molar-refractivity contribution >= 4 is 11.8 Å². The first-order chi connectivity index (χ1) is 5.24. The molecule has 0 aliphatic carbocycles. The summed E-state index contributed by atoms with van der Waals surface area (Å²) in [6.45, 7) is 0.0253. The fourth-order valence-corrected chi connectivity index (χ4v) is 0.815. The van der Waals surface area contributed by atoms with Gasteiger partial charge < -0.3 is 15.5 Å². The first-order valence-corrected chi connectivity index (χ1v) is 3.13. The quantitative estimate of drug-likeness (QED) is 0.388. The Morgan fingerprint density at radius 2 is 2.36 bits per heavy atom. The summed E-state index contributed by atoms with van der Waals surface area (Å²) in [5.41, 5.74) is 0. The van der Waals surface area contributed by atoms with E-state index in [2.05, 4.69) is 15.5 Å². The highest BCUT2D eigenvalue weighted by molar-refractivity contribution is 5.94. The summed E-state index contributed by atoms with van der Waals surface area (Å²) >= 11 is 0. The lowest BCUT2D eigenvalue weighted by atomic mass is 10.2. The van der Waals surface area contributed by atoms with E-state index in [1.54, 1.807) is 0 Å². The number of rotatable bonds is 2. The fraction of sp³-hybridized carbons (Fsp3) is 0.600. The van der Waals surface area contributed by atoms with Crippen LogP contribution in [-0.4, -0.2) is 31.0 Å². The lowest BCUT2D eigenvalue weighted by molar-refractivity contribution is -0.135. The van der Waals surface area contributed by atoms with Gasteiger partial charge in [-0.2, -0.15) is 0 Å². The molecule has 11 heavy (non-hydrogen) atoms. The molecular formula is C5H9N3O3. The van der Waals surface area contributed by atoms with E-state index >= 15 is 0 Å². The summed E-state index contributed by atoms with van der Waals surface area (Å²) in [6, 6.07) is -0.652. The number of hydrogen-bond acceptors (Lipinski definition) is 4. The summed E-state index contributed by atoms with van der Waals surface area (Å²) in [6.07, 6.45) is 0. The molecule has 0 bridgehead atoms. The van der Waals surface area contributed by atoms with Crippen LogP contribution in [0.5, 0.6) is 0 Å². The van der Waals surface area contributed by atoms with Crippen LogP contribution < -0.4 is 16.5 Å². The maximum absolute atomic E-state index is 10.9. The van der Waals surface area contributed by atoms with E-state index in [4.69, 9.17) is 5.90 Å². The lowest BCUT2D eigenvalue weighted by Gasteiger charge is -2.21. The third kappa shape index (κ3) is 1.89. The molecule has 0 aromatic heterocycles. The Balaban J connectivity index is 2.47. The molecule has 6 nitrogen and oxygen atoms in total. The monoisotopic (exact) mass is 159 g/mol. The highest BCUT2D eigenvalue weighted by atomic mass is 16.6. The number of amides is 2. The Kier molecular flexibility index (Phi) is 2.40. The fourth-order valence-electron chi connectivity index (χ4n) is 0.815. The third-order valence-corrected chi connectivity index (χ3v) is 1.34. The van der Waals surface area contributed by atoms with Gasteiger partial charge in [0.2, 0.25) is 11.8 Å². The molecule has 0 spiro atoms. The smallest absolute Gasteiger partial charge is 0.245 e. The molecule has 1 saturated heterocycles. The number of nitrogens with two attached hydrogens (primary N) is 1. The van der Waals surface area contributed by atoms with Gasteiger partial charge in [-0.15, -0.1) is 0 Å². The van der Waals surface area contributed by atoms with Crippen LogP contribution in [0.4, 0.5) is 0 Å². The van der Waals surface area contributed by atoms with Gasteiger partial charge in [-0.25, -0.2) is 5.90 Å². The molecule has 6 heteroatoms. The van der Waals surface area contributed by atoms with Crippen molar-refractivity contribution in [2.75, 3.05) is 13.2 Å². The molecule has 0 radical (unpaired) electrons. The molecule has 0 aromatic rings. The lowest BCUT2D eigenvalue weighted by Crippen LogP contribution is -2.58. The zero-order chi connectivity index (χ0) is 8.27. The Hall–Kier alpha value is -1.14. The van der Waals surface area contributed by atoms with Crippen LogP contribution in [0.3, 0.4) is 0 Å². The Labute approximate surface area is 63.0 Å². The van der Waals surface area contributed by atoms with Crippen LogP contribution >= 0.6 is 0 Å². The largest absolute Gasteiger partial charge is 0.345 e.